The van der Waals surface area contributed by atoms with Crippen LogP contribution in [0.25, 0.3) is 11.1 Å². The Morgan fingerprint density at radius 3 is 2.36 bits per heavy atom. The van der Waals surface area contributed by atoms with Crippen LogP contribution in [0.2, 0.25) is 0 Å². The van der Waals surface area contributed by atoms with E-state index in [1.165, 1.54) is 0 Å². The number of β-amino-alcohol motifs (C(OH)–C–C–N with tert-alkyl or cyclic N) is 1. The Morgan fingerprint density at radius 1 is 0.944 bits per heavy atom. The smallest absolute Gasteiger partial charge is 0.294 e. The molecule has 7 heteroatoms. The maximum absolute atomic E-state index is 13.1. The van der Waals surface area contributed by atoms with E-state index in [4.69, 9.17) is 14.2 Å². The molecule has 0 spiro atoms. The Labute approximate surface area is 211 Å². The summed E-state index contributed by atoms with van der Waals surface area (Å²) in [5.74, 6) is 1.88. The van der Waals surface area contributed by atoms with Gasteiger partial charge in [-0.3, -0.25) is 9.69 Å². The van der Waals surface area contributed by atoms with Crippen LogP contribution >= 0.6 is 0 Å². The molecule has 2 aliphatic heterocycles. The minimum atomic E-state index is -0.593. The molecule has 2 aliphatic rings. The molecule has 3 aromatic carbocycles. The van der Waals surface area contributed by atoms with Gasteiger partial charge in [0.1, 0.15) is 12.4 Å². The molecule has 0 saturated carbocycles. The Bertz CT molecular complexity index is 1250. The Kier molecular flexibility index (Phi) is 6.67. The summed E-state index contributed by atoms with van der Waals surface area (Å²) in [6.07, 6.45) is 1.78. The van der Waals surface area contributed by atoms with Gasteiger partial charge in [-0.1, -0.05) is 42.5 Å². The second-order valence-electron chi connectivity index (χ2n) is 9.37. The standard InChI is InChI=1S/C29H30N2O5/c1-29(33)19-30(20-29)16-17-35-25-13-10-23(18-27(25)34-2)31-15-14-26(28(31)32)36-24-11-8-22(9-12-24)21-6-4-3-5-7-21/h3-14,18,33H,15-17,19-20H2,1-2H3. The van der Waals surface area contributed by atoms with Crippen molar-refractivity contribution in [3.63, 3.8) is 0 Å². The Morgan fingerprint density at radius 2 is 1.67 bits per heavy atom. The molecular formula is C29H30N2O5. The Balaban J connectivity index is 1.18. The van der Waals surface area contributed by atoms with Gasteiger partial charge in [-0.05, 0) is 48.4 Å². The number of methoxy groups -OCH3 is 1. The van der Waals surface area contributed by atoms with Crippen LogP contribution in [0.5, 0.6) is 17.2 Å². The molecular weight excluding hydrogens is 456 g/mol. The molecule has 2 heterocycles. The summed E-state index contributed by atoms with van der Waals surface area (Å²) in [6, 6.07) is 23.3. The van der Waals surface area contributed by atoms with E-state index in [1.807, 2.05) is 61.5 Å². The average molecular weight is 487 g/mol. The first-order chi connectivity index (χ1) is 17.4. The number of rotatable bonds is 9. The number of amides is 1. The summed E-state index contributed by atoms with van der Waals surface area (Å²) >= 11 is 0. The highest BCUT2D eigenvalue weighted by Gasteiger charge is 2.36. The first-order valence-electron chi connectivity index (χ1n) is 12.0. The molecule has 1 N–H and O–H groups in total. The third-order valence-corrected chi connectivity index (χ3v) is 6.36. The van der Waals surface area contributed by atoms with Crippen LogP contribution in [-0.2, 0) is 4.79 Å². The van der Waals surface area contributed by atoms with Crippen LogP contribution in [0, 0.1) is 0 Å². The van der Waals surface area contributed by atoms with Crippen LogP contribution in [0.15, 0.2) is 84.6 Å². The molecule has 186 valence electrons. The van der Waals surface area contributed by atoms with Crippen molar-refractivity contribution in [2.75, 3.05) is 44.8 Å². The van der Waals surface area contributed by atoms with E-state index in [9.17, 15) is 9.90 Å². The predicted molar refractivity (Wildman–Crippen MR) is 138 cm³/mol. The molecule has 0 unspecified atom stereocenters. The Hall–Kier alpha value is -3.81. The highest BCUT2D eigenvalue weighted by atomic mass is 16.5. The van der Waals surface area contributed by atoms with E-state index in [0.717, 1.165) is 17.7 Å². The number of hydrogen-bond donors (Lipinski definition) is 1. The maximum atomic E-state index is 13.1. The number of carbonyl (C=O) groups excluding carboxylic acids is 1. The molecule has 0 aliphatic carbocycles. The van der Waals surface area contributed by atoms with Crippen LogP contribution < -0.4 is 19.1 Å². The molecule has 7 nitrogen and oxygen atoms in total. The van der Waals surface area contributed by atoms with Gasteiger partial charge in [-0.2, -0.15) is 0 Å². The summed E-state index contributed by atoms with van der Waals surface area (Å²) in [6.45, 7) is 4.75. The second kappa shape index (κ2) is 10.0. The zero-order valence-corrected chi connectivity index (χ0v) is 20.5. The van der Waals surface area contributed by atoms with E-state index < -0.39 is 5.60 Å². The lowest BCUT2D eigenvalue weighted by Gasteiger charge is -2.44. The minimum Gasteiger partial charge on any atom is -0.493 e. The van der Waals surface area contributed by atoms with Gasteiger partial charge in [-0.25, -0.2) is 0 Å². The number of ether oxygens (including phenoxy) is 3. The van der Waals surface area contributed by atoms with Gasteiger partial charge in [0.25, 0.3) is 5.91 Å². The number of likely N-dealkylation sites (tertiary alicyclic amines) is 1. The van der Waals surface area contributed by atoms with E-state index in [1.54, 1.807) is 24.2 Å². The van der Waals surface area contributed by atoms with E-state index in [2.05, 4.69) is 17.0 Å². The van der Waals surface area contributed by atoms with Crippen molar-refractivity contribution in [3.8, 4) is 28.4 Å². The third-order valence-electron chi connectivity index (χ3n) is 6.36. The van der Waals surface area contributed by atoms with Crippen LogP contribution in [-0.4, -0.2) is 61.4 Å². The van der Waals surface area contributed by atoms with Crippen molar-refractivity contribution >= 4 is 11.6 Å². The summed E-state index contributed by atoms with van der Waals surface area (Å²) in [4.78, 5) is 16.8. The van der Waals surface area contributed by atoms with Gasteiger partial charge < -0.3 is 24.2 Å². The lowest BCUT2D eigenvalue weighted by molar-refractivity contribution is -0.116. The number of aliphatic hydroxyl groups is 1. The van der Waals surface area contributed by atoms with Crippen molar-refractivity contribution in [1.29, 1.82) is 0 Å². The zero-order valence-electron chi connectivity index (χ0n) is 20.5. The van der Waals surface area contributed by atoms with Gasteiger partial charge in [0.2, 0.25) is 0 Å². The normalized spacial score (nSPS) is 16.9. The molecule has 1 fully saturated rings. The molecule has 0 aromatic heterocycles. The van der Waals surface area contributed by atoms with Crippen molar-refractivity contribution in [2.24, 2.45) is 0 Å². The van der Waals surface area contributed by atoms with Gasteiger partial charge in [0, 0.05) is 37.9 Å². The predicted octanol–water partition coefficient (Wildman–Crippen LogP) is 4.12. The number of carbonyl (C=O) groups is 1. The average Bonchev–Trinajstić information content (AvgIpc) is 3.23. The molecule has 1 saturated heterocycles. The lowest BCUT2D eigenvalue weighted by atomic mass is 9.97. The topological polar surface area (TPSA) is 71.5 Å². The number of benzene rings is 3. The van der Waals surface area contributed by atoms with Crippen LogP contribution in [0.3, 0.4) is 0 Å². The summed E-state index contributed by atoms with van der Waals surface area (Å²) in [5, 5.41) is 9.85. The molecule has 0 radical (unpaired) electrons. The van der Waals surface area contributed by atoms with Gasteiger partial charge in [0.15, 0.2) is 17.3 Å². The zero-order chi connectivity index (χ0) is 25.1. The summed E-state index contributed by atoms with van der Waals surface area (Å²) in [5.41, 5.74) is 2.32. The molecule has 5 rings (SSSR count). The number of anilines is 1. The molecule has 0 bridgehead atoms. The first kappa shape index (κ1) is 23.9. The molecule has 1 amide bonds. The number of hydrogen-bond acceptors (Lipinski definition) is 6. The molecule has 3 aromatic rings. The molecule has 0 atom stereocenters. The van der Waals surface area contributed by atoms with Crippen molar-refractivity contribution in [2.45, 2.75) is 12.5 Å². The van der Waals surface area contributed by atoms with E-state index in [-0.39, 0.29) is 5.91 Å². The maximum Gasteiger partial charge on any atom is 0.294 e. The minimum absolute atomic E-state index is 0.206. The van der Waals surface area contributed by atoms with Crippen molar-refractivity contribution < 1.29 is 24.1 Å². The lowest BCUT2D eigenvalue weighted by Crippen LogP contribution is -2.60. The van der Waals surface area contributed by atoms with Crippen molar-refractivity contribution in [1.82, 2.24) is 4.90 Å². The van der Waals surface area contributed by atoms with Gasteiger partial charge in [-0.15, -0.1) is 0 Å². The molecule has 36 heavy (non-hydrogen) atoms. The largest absolute Gasteiger partial charge is 0.493 e. The summed E-state index contributed by atoms with van der Waals surface area (Å²) in [7, 11) is 1.58. The summed E-state index contributed by atoms with van der Waals surface area (Å²) < 4.78 is 17.3. The van der Waals surface area contributed by atoms with E-state index >= 15 is 0 Å². The SMILES string of the molecule is COc1cc(N2CC=C(Oc3ccc(-c4ccccc4)cc3)C2=O)ccc1OCCN1CC(C)(O)C1. The quantitative estimate of drug-likeness (QED) is 0.491. The first-order valence-corrected chi connectivity index (χ1v) is 12.0. The fourth-order valence-corrected chi connectivity index (χ4v) is 4.56. The second-order valence-corrected chi connectivity index (χ2v) is 9.37. The van der Waals surface area contributed by atoms with E-state index in [0.29, 0.717) is 54.9 Å². The highest BCUT2D eigenvalue weighted by molar-refractivity contribution is 6.07. The van der Waals surface area contributed by atoms with Gasteiger partial charge >= 0.3 is 0 Å². The van der Waals surface area contributed by atoms with Crippen LogP contribution in [0.1, 0.15) is 6.92 Å². The van der Waals surface area contributed by atoms with Crippen molar-refractivity contribution in [3.05, 3.63) is 84.6 Å². The number of nitrogens with zero attached hydrogens (tertiary/aromatic N) is 2. The van der Waals surface area contributed by atoms with Gasteiger partial charge in [0.05, 0.1) is 12.7 Å². The third kappa shape index (κ3) is 5.22. The fraction of sp³-hybridized carbons (Fsp3) is 0.276. The monoisotopic (exact) mass is 486 g/mol. The fourth-order valence-electron chi connectivity index (χ4n) is 4.56. The highest BCUT2D eigenvalue weighted by Crippen LogP contribution is 2.34. The van der Waals surface area contributed by atoms with Crippen LogP contribution in [0.4, 0.5) is 5.69 Å².